The summed E-state index contributed by atoms with van der Waals surface area (Å²) in [7, 11) is 2.86. The van der Waals surface area contributed by atoms with Crippen molar-refractivity contribution in [1.29, 1.82) is 0 Å². The van der Waals surface area contributed by atoms with Crippen LogP contribution in [-0.4, -0.2) is 55.4 Å². The van der Waals surface area contributed by atoms with Gasteiger partial charge in [0.25, 0.3) is 11.8 Å². The van der Waals surface area contributed by atoms with Crippen LogP contribution in [0.15, 0.2) is 48.5 Å². The second-order valence-corrected chi connectivity index (χ2v) is 10.2. The molecule has 1 aromatic heterocycles. The van der Waals surface area contributed by atoms with Gasteiger partial charge in [0.05, 0.1) is 30.1 Å². The molecule has 0 aliphatic carbocycles. The fourth-order valence-corrected chi connectivity index (χ4v) is 3.95. The molecule has 42 heavy (non-hydrogen) atoms. The molecule has 0 saturated carbocycles. The summed E-state index contributed by atoms with van der Waals surface area (Å²) in [6.07, 6.45) is -5.29. The van der Waals surface area contributed by atoms with E-state index in [2.05, 4.69) is 15.6 Å². The number of rotatable bonds is 11. The first-order chi connectivity index (χ1) is 19.5. The average molecular weight is 613 g/mol. The molecule has 3 aromatic rings. The van der Waals surface area contributed by atoms with Crippen LogP contribution in [0, 0.1) is 5.82 Å². The van der Waals surface area contributed by atoms with Crippen LogP contribution in [0.5, 0.6) is 11.5 Å². The van der Waals surface area contributed by atoms with E-state index in [1.54, 1.807) is 20.9 Å². The van der Waals surface area contributed by atoms with Crippen LogP contribution in [0.3, 0.4) is 0 Å². The van der Waals surface area contributed by atoms with Gasteiger partial charge in [-0.15, -0.1) is 0 Å². The van der Waals surface area contributed by atoms with E-state index in [9.17, 15) is 32.3 Å². The fraction of sp³-hybridized carbons (Fsp3) is 0.321. The van der Waals surface area contributed by atoms with E-state index in [-0.39, 0.29) is 33.3 Å². The number of benzene rings is 2. The van der Waals surface area contributed by atoms with Crippen LogP contribution in [0.4, 0.5) is 17.6 Å². The summed E-state index contributed by atoms with van der Waals surface area (Å²) in [5.41, 5.74) is 0.0993. The predicted octanol–water partition coefficient (Wildman–Crippen LogP) is 4.05. The Morgan fingerprint density at radius 3 is 2.33 bits per heavy atom. The van der Waals surface area contributed by atoms with Crippen LogP contribution >= 0.6 is 11.6 Å². The van der Waals surface area contributed by atoms with Gasteiger partial charge in [0.1, 0.15) is 5.82 Å². The molecular weight excluding hydrogens is 584 g/mol. The molecule has 0 aliphatic rings. The monoisotopic (exact) mass is 612 g/mol. The molecule has 0 spiro atoms. The zero-order valence-corrected chi connectivity index (χ0v) is 23.8. The van der Waals surface area contributed by atoms with Crippen molar-refractivity contribution in [3.05, 3.63) is 76.2 Å². The Hall–Kier alpha value is -3.94. The van der Waals surface area contributed by atoms with Crippen molar-refractivity contribution in [1.82, 2.24) is 15.6 Å². The first-order valence-corrected chi connectivity index (χ1v) is 12.7. The molecule has 0 bridgehead atoms. The summed E-state index contributed by atoms with van der Waals surface area (Å²) in [4.78, 5) is 28.0. The standard InChI is InChI=1S/C28H29ClF4N4O5/c1-26(2,35-3)17-11-20(15-5-7-19(30)18(29)9-15)37-23(12-17)27(40,28(31,32)33)14-36-25(39)16-6-8-21(22(10-16)41-4)42-13-24(34)38/h5-12,35,40H,13-14H2,1-4H3,(H2,34,38)(H,36,39). The molecule has 226 valence electrons. The SMILES string of the molecule is CNC(C)(C)c1cc(-c2ccc(F)c(Cl)c2)nc(C(O)(CNC(=O)c2ccc(OCC(N)=O)c(OC)c2)C(F)(F)F)c1. The Labute approximate surface area is 244 Å². The number of nitrogens with one attached hydrogen (secondary N) is 2. The number of aromatic nitrogens is 1. The summed E-state index contributed by atoms with van der Waals surface area (Å²) >= 11 is 5.90. The van der Waals surface area contributed by atoms with E-state index in [1.807, 2.05) is 0 Å². The van der Waals surface area contributed by atoms with Gasteiger partial charge in [-0.2, -0.15) is 13.2 Å². The van der Waals surface area contributed by atoms with E-state index in [4.69, 9.17) is 26.8 Å². The third-order valence-corrected chi connectivity index (χ3v) is 6.87. The molecule has 3 rings (SSSR count). The molecule has 1 atom stereocenters. The van der Waals surface area contributed by atoms with Crippen LogP contribution < -0.4 is 25.8 Å². The minimum absolute atomic E-state index is 0.0150. The molecular formula is C28H29ClF4N4O5. The first kappa shape index (κ1) is 32.6. The molecule has 5 N–H and O–H groups in total. The molecule has 2 aromatic carbocycles. The summed E-state index contributed by atoms with van der Waals surface area (Å²) in [5, 5.41) is 15.9. The number of carbonyl (C=O) groups is 2. The minimum Gasteiger partial charge on any atom is -0.493 e. The lowest BCUT2D eigenvalue weighted by atomic mass is 9.89. The molecule has 1 unspecified atom stereocenters. The Morgan fingerprint density at radius 1 is 1.07 bits per heavy atom. The van der Waals surface area contributed by atoms with Crippen molar-refractivity contribution in [3.8, 4) is 22.8 Å². The number of hydrogen-bond acceptors (Lipinski definition) is 7. The van der Waals surface area contributed by atoms with Crippen LogP contribution in [0.25, 0.3) is 11.3 Å². The van der Waals surface area contributed by atoms with Gasteiger partial charge < -0.3 is 30.9 Å². The molecule has 14 heteroatoms. The number of primary amides is 1. The number of amides is 2. The molecule has 0 saturated heterocycles. The number of nitrogens with two attached hydrogens (primary N) is 1. The van der Waals surface area contributed by atoms with Crippen LogP contribution in [-0.2, 0) is 15.9 Å². The van der Waals surface area contributed by atoms with E-state index < -0.39 is 53.8 Å². The van der Waals surface area contributed by atoms with Gasteiger partial charge in [0.15, 0.2) is 18.1 Å². The Morgan fingerprint density at radius 2 is 1.76 bits per heavy atom. The van der Waals surface area contributed by atoms with E-state index in [0.717, 1.165) is 12.1 Å². The lowest BCUT2D eigenvalue weighted by Gasteiger charge is -2.33. The molecule has 9 nitrogen and oxygen atoms in total. The number of nitrogens with zero attached hydrogens (tertiary/aromatic N) is 1. The number of aliphatic hydroxyl groups is 1. The summed E-state index contributed by atoms with van der Waals surface area (Å²) in [6.45, 7) is 1.62. The van der Waals surface area contributed by atoms with Gasteiger partial charge in [-0.25, -0.2) is 9.37 Å². The summed E-state index contributed by atoms with van der Waals surface area (Å²) < 4.78 is 67.7. The number of halogens is 5. The smallest absolute Gasteiger partial charge is 0.424 e. The van der Waals surface area contributed by atoms with Crippen molar-refractivity contribution < 1.29 is 41.7 Å². The minimum atomic E-state index is -5.29. The third kappa shape index (κ3) is 7.09. The molecule has 0 radical (unpaired) electrons. The van der Waals surface area contributed by atoms with E-state index in [0.29, 0.717) is 5.56 Å². The van der Waals surface area contributed by atoms with Gasteiger partial charge in [0, 0.05) is 16.7 Å². The summed E-state index contributed by atoms with van der Waals surface area (Å²) in [5.74, 6) is -2.38. The van der Waals surface area contributed by atoms with Gasteiger partial charge in [-0.3, -0.25) is 9.59 Å². The summed E-state index contributed by atoms with van der Waals surface area (Å²) in [6, 6.07) is 9.81. The Balaban J connectivity index is 2.03. The maximum atomic E-state index is 14.5. The quantitative estimate of drug-likeness (QED) is 0.240. The third-order valence-electron chi connectivity index (χ3n) is 6.58. The van der Waals surface area contributed by atoms with E-state index >= 15 is 0 Å². The number of alkyl halides is 3. The van der Waals surface area contributed by atoms with Crippen LogP contribution in [0.1, 0.15) is 35.5 Å². The Bertz CT molecular complexity index is 1490. The van der Waals surface area contributed by atoms with Gasteiger partial charge in [-0.1, -0.05) is 11.6 Å². The lowest BCUT2D eigenvalue weighted by Crippen LogP contribution is -2.51. The molecule has 1 heterocycles. The topological polar surface area (TPSA) is 136 Å². The van der Waals surface area contributed by atoms with Crippen LogP contribution in [0.2, 0.25) is 5.02 Å². The predicted molar refractivity (Wildman–Crippen MR) is 147 cm³/mol. The van der Waals surface area contributed by atoms with E-state index in [1.165, 1.54) is 43.5 Å². The highest BCUT2D eigenvalue weighted by Gasteiger charge is 2.56. The van der Waals surface area contributed by atoms with Gasteiger partial charge in [0.2, 0.25) is 5.60 Å². The average Bonchev–Trinajstić information content (AvgIpc) is 2.94. The van der Waals surface area contributed by atoms with Gasteiger partial charge in [-0.05, 0) is 75.0 Å². The number of methoxy groups -OCH3 is 1. The maximum absolute atomic E-state index is 14.5. The number of ether oxygens (including phenoxy) is 2. The van der Waals surface area contributed by atoms with Gasteiger partial charge >= 0.3 is 6.18 Å². The zero-order valence-electron chi connectivity index (χ0n) is 23.0. The Kier molecular flexibility index (Phi) is 9.70. The zero-order chi connectivity index (χ0) is 31.5. The van der Waals surface area contributed by atoms with Crippen molar-refractivity contribution in [2.75, 3.05) is 27.3 Å². The highest BCUT2D eigenvalue weighted by molar-refractivity contribution is 6.31. The first-order valence-electron chi connectivity index (χ1n) is 12.4. The van der Waals surface area contributed by atoms with Crippen molar-refractivity contribution in [3.63, 3.8) is 0 Å². The second-order valence-electron chi connectivity index (χ2n) is 9.79. The maximum Gasteiger partial charge on any atom is 0.424 e. The fourth-order valence-electron chi connectivity index (χ4n) is 3.77. The molecule has 0 aliphatic heterocycles. The largest absolute Gasteiger partial charge is 0.493 e. The highest BCUT2D eigenvalue weighted by atomic mass is 35.5. The molecule has 0 fully saturated rings. The normalized spacial score (nSPS) is 13.3. The number of carbonyl (C=O) groups excluding carboxylic acids is 2. The van der Waals surface area contributed by atoms with Crippen molar-refractivity contribution >= 4 is 23.4 Å². The highest BCUT2D eigenvalue weighted by Crippen LogP contribution is 2.40. The number of hydrogen-bond donors (Lipinski definition) is 4. The van der Waals surface area contributed by atoms with Crippen molar-refractivity contribution in [2.24, 2.45) is 5.73 Å². The second kappa shape index (κ2) is 12.5. The van der Waals surface area contributed by atoms with Crippen molar-refractivity contribution in [2.45, 2.75) is 31.2 Å². The lowest BCUT2D eigenvalue weighted by molar-refractivity contribution is -0.265. The molecule has 2 amide bonds. The number of pyridine rings is 1.